The highest BCUT2D eigenvalue weighted by Crippen LogP contribution is 2.21. The summed E-state index contributed by atoms with van der Waals surface area (Å²) in [6.07, 6.45) is 2.12. The summed E-state index contributed by atoms with van der Waals surface area (Å²) < 4.78 is 0. The standard InChI is InChI=1S/C16H26N2OS/c1-12-7-10-20-14(12)11-17-13-5-8-18(9-6-13)15(19)16(2,3)4/h7,10,13,17H,5-6,8-9,11H2,1-4H3. The minimum atomic E-state index is -0.256. The number of nitrogens with one attached hydrogen (secondary N) is 1. The van der Waals surface area contributed by atoms with Crippen molar-refractivity contribution in [3.8, 4) is 0 Å². The van der Waals surface area contributed by atoms with E-state index in [0.717, 1.165) is 32.5 Å². The molecule has 1 aromatic heterocycles. The molecule has 1 saturated heterocycles. The van der Waals surface area contributed by atoms with Crippen molar-refractivity contribution >= 4 is 17.2 Å². The predicted molar refractivity (Wildman–Crippen MR) is 85.0 cm³/mol. The Labute approximate surface area is 126 Å². The lowest BCUT2D eigenvalue weighted by Gasteiger charge is -2.36. The number of aryl methyl sites for hydroxylation is 1. The van der Waals surface area contributed by atoms with Crippen molar-refractivity contribution in [1.29, 1.82) is 0 Å². The van der Waals surface area contributed by atoms with E-state index in [1.807, 2.05) is 37.0 Å². The van der Waals surface area contributed by atoms with Gasteiger partial charge in [0.15, 0.2) is 0 Å². The summed E-state index contributed by atoms with van der Waals surface area (Å²) in [5, 5.41) is 5.79. The van der Waals surface area contributed by atoms with E-state index >= 15 is 0 Å². The molecule has 1 aliphatic heterocycles. The zero-order valence-corrected chi connectivity index (χ0v) is 13.8. The third-order valence-electron chi connectivity index (χ3n) is 3.94. The molecule has 1 N–H and O–H groups in total. The summed E-state index contributed by atoms with van der Waals surface area (Å²) >= 11 is 1.82. The van der Waals surface area contributed by atoms with Gasteiger partial charge in [-0.1, -0.05) is 20.8 Å². The van der Waals surface area contributed by atoms with Crippen molar-refractivity contribution in [3.63, 3.8) is 0 Å². The van der Waals surface area contributed by atoms with Crippen LogP contribution < -0.4 is 5.32 Å². The zero-order chi connectivity index (χ0) is 14.8. The Morgan fingerprint density at radius 2 is 2.05 bits per heavy atom. The van der Waals surface area contributed by atoms with Gasteiger partial charge in [0.05, 0.1) is 0 Å². The second-order valence-electron chi connectivity index (χ2n) is 6.72. The lowest BCUT2D eigenvalue weighted by Crippen LogP contribution is -2.48. The lowest BCUT2D eigenvalue weighted by atomic mass is 9.93. The molecule has 1 aromatic rings. The van der Waals surface area contributed by atoms with Crippen LogP contribution in [0, 0.1) is 12.3 Å². The van der Waals surface area contributed by atoms with Gasteiger partial charge < -0.3 is 10.2 Å². The number of amides is 1. The number of nitrogens with zero attached hydrogens (tertiary/aromatic N) is 1. The van der Waals surface area contributed by atoms with E-state index in [1.165, 1.54) is 10.4 Å². The maximum absolute atomic E-state index is 12.2. The zero-order valence-electron chi connectivity index (χ0n) is 13.0. The Bertz CT molecular complexity index is 453. The molecule has 1 amide bonds. The SMILES string of the molecule is Cc1ccsc1CNC1CCN(C(=O)C(C)(C)C)CC1. The van der Waals surface area contributed by atoms with Gasteiger partial charge in [-0.2, -0.15) is 0 Å². The van der Waals surface area contributed by atoms with Crippen LogP contribution in [-0.2, 0) is 11.3 Å². The van der Waals surface area contributed by atoms with E-state index in [-0.39, 0.29) is 11.3 Å². The molecular weight excluding hydrogens is 268 g/mol. The van der Waals surface area contributed by atoms with Crippen LogP contribution in [0.2, 0.25) is 0 Å². The largest absolute Gasteiger partial charge is 0.342 e. The van der Waals surface area contributed by atoms with Gasteiger partial charge in [-0.3, -0.25) is 4.79 Å². The molecular formula is C16H26N2OS. The van der Waals surface area contributed by atoms with E-state index in [1.54, 1.807) is 0 Å². The molecule has 0 aromatic carbocycles. The lowest BCUT2D eigenvalue weighted by molar-refractivity contribution is -0.140. The monoisotopic (exact) mass is 294 g/mol. The molecule has 4 heteroatoms. The van der Waals surface area contributed by atoms with Gasteiger partial charge in [0, 0.05) is 36.0 Å². The molecule has 0 aliphatic carbocycles. The summed E-state index contributed by atoms with van der Waals surface area (Å²) in [7, 11) is 0. The Morgan fingerprint density at radius 1 is 1.40 bits per heavy atom. The maximum atomic E-state index is 12.2. The normalized spacial score (nSPS) is 17.5. The first kappa shape index (κ1) is 15.5. The molecule has 0 radical (unpaired) electrons. The Balaban J connectivity index is 1.77. The molecule has 0 bridgehead atoms. The van der Waals surface area contributed by atoms with E-state index in [9.17, 15) is 4.79 Å². The summed E-state index contributed by atoms with van der Waals surface area (Å²) in [6, 6.07) is 2.72. The predicted octanol–water partition coefficient (Wildman–Crippen LogP) is 3.18. The number of carbonyl (C=O) groups excluding carboxylic acids is 1. The van der Waals surface area contributed by atoms with Gasteiger partial charge in [-0.15, -0.1) is 11.3 Å². The second kappa shape index (κ2) is 6.27. The Morgan fingerprint density at radius 3 is 2.55 bits per heavy atom. The fraction of sp³-hybridized carbons (Fsp3) is 0.688. The average Bonchev–Trinajstić information content (AvgIpc) is 2.81. The maximum Gasteiger partial charge on any atom is 0.227 e. The van der Waals surface area contributed by atoms with Crippen LogP contribution in [0.4, 0.5) is 0 Å². The van der Waals surface area contributed by atoms with Crippen molar-refractivity contribution in [3.05, 3.63) is 21.9 Å². The van der Waals surface area contributed by atoms with Gasteiger partial charge in [-0.05, 0) is 36.8 Å². The van der Waals surface area contributed by atoms with Crippen molar-refractivity contribution in [2.24, 2.45) is 5.41 Å². The third kappa shape index (κ3) is 3.83. The highest BCUT2D eigenvalue weighted by atomic mass is 32.1. The second-order valence-corrected chi connectivity index (χ2v) is 7.72. The molecule has 0 unspecified atom stereocenters. The Kier molecular flexibility index (Phi) is 4.86. The van der Waals surface area contributed by atoms with E-state index in [0.29, 0.717) is 6.04 Å². The molecule has 2 heterocycles. The van der Waals surface area contributed by atoms with Gasteiger partial charge >= 0.3 is 0 Å². The van der Waals surface area contributed by atoms with Crippen LogP contribution in [0.5, 0.6) is 0 Å². The smallest absolute Gasteiger partial charge is 0.227 e. The molecule has 2 rings (SSSR count). The molecule has 1 fully saturated rings. The number of piperidine rings is 1. The van der Waals surface area contributed by atoms with Crippen LogP contribution in [0.15, 0.2) is 11.4 Å². The minimum Gasteiger partial charge on any atom is -0.342 e. The number of likely N-dealkylation sites (tertiary alicyclic amines) is 1. The average molecular weight is 294 g/mol. The van der Waals surface area contributed by atoms with Gasteiger partial charge in [0.25, 0.3) is 0 Å². The number of rotatable bonds is 3. The Hall–Kier alpha value is -0.870. The molecule has 112 valence electrons. The molecule has 20 heavy (non-hydrogen) atoms. The summed E-state index contributed by atoms with van der Waals surface area (Å²) in [6.45, 7) is 10.9. The number of carbonyl (C=O) groups is 1. The first-order valence-electron chi connectivity index (χ1n) is 7.43. The quantitative estimate of drug-likeness (QED) is 0.928. The van der Waals surface area contributed by atoms with E-state index in [2.05, 4.69) is 23.7 Å². The van der Waals surface area contributed by atoms with Crippen LogP contribution in [0.25, 0.3) is 0 Å². The molecule has 0 saturated carbocycles. The highest BCUT2D eigenvalue weighted by molar-refractivity contribution is 7.10. The summed E-state index contributed by atoms with van der Waals surface area (Å²) in [5.41, 5.74) is 1.12. The van der Waals surface area contributed by atoms with Crippen molar-refractivity contribution in [2.45, 2.75) is 53.1 Å². The third-order valence-corrected chi connectivity index (χ3v) is 4.97. The van der Waals surface area contributed by atoms with Crippen molar-refractivity contribution in [2.75, 3.05) is 13.1 Å². The minimum absolute atomic E-state index is 0.256. The first-order valence-corrected chi connectivity index (χ1v) is 8.31. The van der Waals surface area contributed by atoms with Crippen LogP contribution in [0.1, 0.15) is 44.1 Å². The van der Waals surface area contributed by atoms with Crippen LogP contribution >= 0.6 is 11.3 Å². The number of hydrogen-bond donors (Lipinski definition) is 1. The molecule has 0 atom stereocenters. The highest BCUT2D eigenvalue weighted by Gasteiger charge is 2.30. The van der Waals surface area contributed by atoms with Gasteiger partial charge in [-0.25, -0.2) is 0 Å². The van der Waals surface area contributed by atoms with E-state index in [4.69, 9.17) is 0 Å². The molecule has 3 nitrogen and oxygen atoms in total. The summed E-state index contributed by atoms with van der Waals surface area (Å²) in [5.74, 6) is 0.282. The van der Waals surface area contributed by atoms with E-state index < -0.39 is 0 Å². The van der Waals surface area contributed by atoms with Crippen LogP contribution in [0.3, 0.4) is 0 Å². The summed E-state index contributed by atoms with van der Waals surface area (Å²) in [4.78, 5) is 15.7. The topological polar surface area (TPSA) is 32.3 Å². The fourth-order valence-electron chi connectivity index (χ4n) is 2.58. The van der Waals surface area contributed by atoms with Gasteiger partial charge in [0.2, 0.25) is 5.91 Å². The van der Waals surface area contributed by atoms with Crippen LogP contribution in [-0.4, -0.2) is 29.9 Å². The van der Waals surface area contributed by atoms with Crippen molar-refractivity contribution < 1.29 is 4.79 Å². The fourth-order valence-corrected chi connectivity index (χ4v) is 3.44. The number of hydrogen-bond acceptors (Lipinski definition) is 3. The van der Waals surface area contributed by atoms with Crippen molar-refractivity contribution in [1.82, 2.24) is 10.2 Å². The van der Waals surface area contributed by atoms with Gasteiger partial charge in [0.1, 0.15) is 0 Å². The molecule has 0 spiro atoms. The number of thiophene rings is 1. The molecule has 1 aliphatic rings. The first-order chi connectivity index (χ1) is 9.38.